The molecule has 1 aromatic heterocycles. The van der Waals surface area contributed by atoms with Gasteiger partial charge in [-0.3, -0.25) is 0 Å². The molecule has 1 amide bonds. The van der Waals surface area contributed by atoms with Crippen LogP contribution in [0.3, 0.4) is 0 Å². The first-order chi connectivity index (χ1) is 9.85. The van der Waals surface area contributed by atoms with Crippen molar-refractivity contribution in [2.75, 3.05) is 6.54 Å². The maximum absolute atomic E-state index is 12.1. The third-order valence-electron chi connectivity index (χ3n) is 3.55. The van der Waals surface area contributed by atoms with Gasteiger partial charge in [-0.15, -0.1) is 0 Å². The Labute approximate surface area is 125 Å². The molecule has 1 saturated heterocycles. The molecular formula is C15H25N3O3. The third kappa shape index (κ3) is 4.74. The second-order valence-corrected chi connectivity index (χ2v) is 6.59. The lowest BCUT2D eigenvalue weighted by Gasteiger charge is -2.38. The second kappa shape index (κ2) is 6.47. The van der Waals surface area contributed by atoms with Gasteiger partial charge in [0, 0.05) is 18.6 Å². The molecule has 2 heterocycles. The normalized spacial score (nSPS) is 23.1. The van der Waals surface area contributed by atoms with E-state index >= 15 is 0 Å². The van der Waals surface area contributed by atoms with E-state index in [1.807, 2.05) is 25.7 Å². The van der Waals surface area contributed by atoms with Crippen molar-refractivity contribution < 1.29 is 13.9 Å². The molecule has 0 saturated carbocycles. The topological polar surface area (TPSA) is 67.6 Å². The molecule has 6 nitrogen and oxygen atoms in total. The molecular weight excluding hydrogens is 270 g/mol. The maximum atomic E-state index is 12.1. The number of hydrogen-bond acceptors (Lipinski definition) is 5. The number of likely N-dealkylation sites (tertiary alicyclic amines) is 1. The summed E-state index contributed by atoms with van der Waals surface area (Å²) in [6.45, 7) is 9.12. The van der Waals surface area contributed by atoms with Crippen LogP contribution in [0.2, 0.25) is 0 Å². The van der Waals surface area contributed by atoms with Crippen LogP contribution >= 0.6 is 0 Å². The van der Waals surface area contributed by atoms with Gasteiger partial charge in [0.25, 0.3) is 0 Å². The fraction of sp³-hybridized carbons (Fsp3) is 0.733. The Morgan fingerprint density at radius 3 is 2.90 bits per heavy atom. The predicted octanol–water partition coefficient (Wildman–Crippen LogP) is 2.55. The van der Waals surface area contributed by atoms with Crippen LogP contribution in [-0.2, 0) is 11.3 Å². The number of piperidine rings is 1. The largest absolute Gasteiger partial charge is 0.447 e. The van der Waals surface area contributed by atoms with Gasteiger partial charge in [0.05, 0.1) is 12.7 Å². The maximum Gasteiger partial charge on any atom is 0.410 e. The highest BCUT2D eigenvalue weighted by Crippen LogP contribution is 2.20. The Bertz CT molecular complexity index is 453. The monoisotopic (exact) mass is 295 g/mol. The van der Waals surface area contributed by atoms with Gasteiger partial charge >= 0.3 is 6.09 Å². The molecule has 1 aliphatic rings. The molecule has 6 heteroatoms. The minimum atomic E-state index is -0.446. The van der Waals surface area contributed by atoms with Crippen LogP contribution in [0.5, 0.6) is 0 Å². The van der Waals surface area contributed by atoms with Crippen molar-refractivity contribution in [3.63, 3.8) is 0 Å². The summed E-state index contributed by atoms with van der Waals surface area (Å²) in [5.41, 5.74) is -0.446. The fourth-order valence-electron chi connectivity index (χ4n) is 2.52. The van der Waals surface area contributed by atoms with Gasteiger partial charge in [-0.05, 0) is 40.5 Å². The summed E-state index contributed by atoms with van der Waals surface area (Å²) in [5.74, 6) is 0.831. The van der Waals surface area contributed by atoms with E-state index in [1.165, 1.54) is 6.39 Å². The number of aromatic nitrogens is 1. The number of carbonyl (C=O) groups excluding carboxylic acids is 1. The van der Waals surface area contributed by atoms with Crippen LogP contribution in [-0.4, -0.2) is 40.2 Å². The van der Waals surface area contributed by atoms with Crippen LogP contribution in [0.4, 0.5) is 4.79 Å². The summed E-state index contributed by atoms with van der Waals surface area (Å²) in [6.07, 6.45) is 4.76. The van der Waals surface area contributed by atoms with E-state index in [0.29, 0.717) is 19.1 Å². The van der Waals surface area contributed by atoms with E-state index in [0.717, 1.165) is 18.6 Å². The number of oxazole rings is 1. The van der Waals surface area contributed by atoms with Crippen LogP contribution in [0.1, 0.15) is 46.3 Å². The summed E-state index contributed by atoms with van der Waals surface area (Å²) >= 11 is 0. The van der Waals surface area contributed by atoms with Crippen molar-refractivity contribution >= 4 is 6.09 Å². The summed E-state index contributed by atoms with van der Waals surface area (Å²) in [4.78, 5) is 17.8. The lowest BCUT2D eigenvalue weighted by atomic mass is 9.98. The van der Waals surface area contributed by atoms with E-state index < -0.39 is 5.60 Å². The summed E-state index contributed by atoms with van der Waals surface area (Å²) in [5, 5.41) is 3.45. The molecule has 2 rings (SSSR count). The standard InChI is InChI=1S/C15H25N3O3/c1-11-7-12(17-9-13-8-16-10-20-13)5-6-18(11)14(19)21-15(2,3)4/h8,10-12,17H,5-7,9H2,1-4H3. The van der Waals surface area contributed by atoms with Gasteiger partial charge in [-0.25, -0.2) is 9.78 Å². The van der Waals surface area contributed by atoms with Crippen LogP contribution < -0.4 is 5.32 Å². The molecule has 21 heavy (non-hydrogen) atoms. The van der Waals surface area contributed by atoms with Gasteiger partial charge in [-0.2, -0.15) is 0 Å². The Morgan fingerprint density at radius 2 is 2.33 bits per heavy atom. The number of hydrogen-bond donors (Lipinski definition) is 1. The Hall–Kier alpha value is -1.56. The quantitative estimate of drug-likeness (QED) is 0.928. The number of carbonyl (C=O) groups is 1. The molecule has 2 atom stereocenters. The minimum Gasteiger partial charge on any atom is -0.447 e. The molecule has 1 aromatic rings. The average molecular weight is 295 g/mol. The highest BCUT2D eigenvalue weighted by atomic mass is 16.6. The molecule has 0 bridgehead atoms. The highest BCUT2D eigenvalue weighted by molar-refractivity contribution is 5.68. The summed E-state index contributed by atoms with van der Waals surface area (Å²) in [7, 11) is 0. The predicted molar refractivity (Wildman–Crippen MR) is 78.8 cm³/mol. The average Bonchev–Trinajstić information content (AvgIpc) is 2.87. The van der Waals surface area contributed by atoms with Crippen LogP contribution in [0, 0.1) is 0 Å². The van der Waals surface area contributed by atoms with Crippen molar-refractivity contribution in [1.29, 1.82) is 0 Å². The molecule has 0 spiro atoms. The number of nitrogens with one attached hydrogen (secondary N) is 1. The molecule has 1 fully saturated rings. The van der Waals surface area contributed by atoms with Gasteiger partial charge < -0.3 is 19.4 Å². The van der Waals surface area contributed by atoms with E-state index in [-0.39, 0.29) is 12.1 Å². The van der Waals surface area contributed by atoms with Gasteiger partial charge in [0.2, 0.25) is 0 Å². The molecule has 0 aromatic carbocycles. The Balaban J connectivity index is 1.80. The Morgan fingerprint density at radius 1 is 1.57 bits per heavy atom. The van der Waals surface area contributed by atoms with E-state index in [1.54, 1.807) is 6.20 Å². The highest BCUT2D eigenvalue weighted by Gasteiger charge is 2.31. The van der Waals surface area contributed by atoms with Crippen LogP contribution in [0.25, 0.3) is 0 Å². The number of amides is 1. The molecule has 118 valence electrons. The smallest absolute Gasteiger partial charge is 0.410 e. The van der Waals surface area contributed by atoms with E-state index in [2.05, 4.69) is 17.2 Å². The number of rotatable bonds is 3. The van der Waals surface area contributed by atoms with Crippen molar-refractivity contribution in [1.82, 2.24) is 15.2 Å². The van der Waals surface area contributed by atoms with Crippen molar-refractivity contribution in [3.8, 4) is 0 Å². The van der Waals surface area contributed by atoms with E-state index in [4.69, 9.17) is 9.15 Å². The fourth-order valence-corrected chi connectivity index (χ4v) is 2.52. The zero-order valence-electron chi connectivity index (χ0n) is 13.3. The first kappa shape index (κ1) is 15.8. The van der Waals surface area contributed by atoms with Crippen molar-refractivity contribution in [3.05, 3.63) is 18.4 Å². The second-order valence-electron chi connectivity index (χ2n) is 6.59. The molecule has 1 aliphatic heterocycles. The van der Waals surface area contributed by atoms with Crippen LogP contribution in [0.15, 0.2) is 17.0 Å². The molecule has 0 radical (unpaired) electrons. The zero-order valence-corrected chi connectivity index (χ0v) is 13.3. The first-order valence-corrected chi connectivity index (χ1v) is 7.45. The lowest BCUT2D eigenvalue weighted by molar-refractivity contribution is 0.00926. The zero-order chi connectivity index (χ0) is 15.5. The third-order valence-corrected chi connectivity index (χ3v) is 3.55. The summed E-state index contributed by atoms with van der Waals surface area (Å²) < 4.78 is 10.7. The molecule has 1 N–H and O–H groups in total. The SMILES string of the molecule is CC1CC(NCc2cnco2)CCN1C(=O)OC(C)(C)C. The lowest BCUT2D eigenvalue weighted by Crippen LogP contribution is -2.50. The summed E-state index contributed by atoms with van der Waals surface area (Å²) in [6, 6.07) is 0.546. The first-order valence-electron chi connectivity index (χ1n) is 7.45. The van der Waals surface area contributed by atoms with Gasteiger partial charge in [0.15, 0.2) is 6.39 Å². The van der Waals surface area contributed by atoms with Gasteiger partial charge in [0.1, 0.15) is 11.4 Å². The number of nitrogens with zero attached hydrogens (tertiary/aromatic N) is 2. The molecule has 2 unspecified atom stereocenters. The molecule has 0 aliphatic carbocycles. The van der Waals surface area contributed by atoms with Crippen molar-refractivity contribution in [2.24, 2.45) is 0 Å². The minimum absolute atomic E-state index is 0.167. The van der Waals surface area contributed by atoms with E-state index in [9.17, 15) is 4.79 Å². The number of ether oxygens (including phenoxy) is 1. The van der Waals surface area contributed by atoms with Gasteiger partial charge in [-0.1, -0.05) is 0 Å². The van der Waals surface area contributed by atoms with Crippen molar-refractivity contribution in [2.45, 2.75) is 64.8 Å². The Kier molecular flexibility index (Phi) is 4.88.